The molecule has 0 saturated carbocycles. The standard InChI is InChI=1S/C17H13N5O2S/c1-25(23,24)10-5-6-11-12-9-20-17(18)22-15(12)16(21-14(11)8-10)13-4-2-3-7-19-13/h2-9H,1H3,(H2,18,20,22). The van der Waals surface area contributed by atoms with E-state index in [0.717, 1.165) is 10.8 Å². The van der Waals surface area contributed by atoms with Crippen LogP contribution in [0.25, 0.3) is 33.2 Å². The summed E-state index contributed by atoms with van der Waals surface area (Å²) in [5.74, 6) is 0.138. The summed E-state index contributed by atoms with van der Waals surface area (Å²) in [4.78, 5) is 17.5. The van der Waals surface area contributed by atoms with E-state index >= 15 is 0 Å². The van der Waals surface area contributed by atoms with Crippen LogP contribution in [0, 0.1) is 0 Å². The lowest BCUT2D eigenvalue weighted by Crippen LogP contribution is -2.00. The van der Waals surface area contributed by atoms with Crippen molar-refractivity contribution in [3.63, 3.8) is 0 Å². The molecule has 7 nitrogen and oxygen atoms in total. The van der Waals surface area contributed by atoms with E-state index < -0.39 is 9.84 Å². The number of hydrogen-bond acceptors (Lipinski definition) is 7. The third kappa shape index (κ3) is 2.66. The lowest BCUT2D eigenvalue weighted by molar-refractivity contribution is 0.602. The summed E-state index contributed by atoms with van der Waals surface area (Å²) in [5, 5.41) is 1.49. The molecule has 0 fully saturated rings. The zero-order chi connectivity index (χ0) is 17.6. The van der Waals surface area contributed by atoms with Crippen molar-refractivity contribution in [1.29, 1.82) is 0 Å². The lowest BCUT2D eigenvalue weighted by atomic mass is 10.1. The Morgan fingerprint density at radius 1 is 1.00 bits per heavy atom. The van der Waals surface area contributed by atoms with Gasteiger partial charge in [-0.05, 0) is 24.3 Å². The number of pyridine rings is 2. The van der Waals surface area contributed by atoms with E-state index in [1.54, 1.807) is 36.7 Å². The minimum atomic E-state index is -3.34. The van der Waals surface area contributed by atoms with Crippen LogP contribution in [-0.2, 0) is 9.84 Å². The second-order valence-electron chi connectivity index (χ2n) is 5.62. The largest absolute Gasteiger partial charge is 0.368 e. The van der Waals surface area contributed by atoms with Gasteiger partial charge in [0.2, 0.25) is 5.95 Å². The molecule has 0 radical (unpaired) electrons. The molecule has 4 rings (SSSR count). The van der Waals surface area contributed by atoms with E-state index in [-0.39, 0.29) is 10.8 Å². The molecule has 3 aromatic heterocycles. The lowest BCUT2D eigenvalue weighted by Gasteiger charge is -2.09. The predicted molar refractivity (Wildman–Crippen MR) is 95.6 cm³/mol. The van der Waals surface area contributed by atoms with Gasteiger partial charge in [0, 0.05) is 29.4 Å². The number of nitrogen functional groups attached to an aromatic ring is 1. The van der Waals surface area contributed by atoms with Gasteiger partial charge in [-0.1, -0.05) is 12.1 Å². The van der Waals surface area contributed by atoms with Crippen LogP contribution in [0.1, 0.15) is 0 Å². The van der Waals surface area contributed by atoms with E-state index in [4.69, 9.17) is 5.73 Å². The molecule has 0 aliphatic carbocycles. The molecule has 0 unspecified atom stereocenters. The Balaban J connectivity index is 2.15. The number of hydrogen-bond donors (Lipinski definition) is 1. The molecule has 0 bridgehead atoms. The van der Waals surface area contributed by atoms with Crippen molar-refractivity contribution >= 4 is 37.6 Å². The first-order valence-electron chi connectivity index (χ1n) is 7.41. The molecule has 4 aromatic rings. The van der Waals surface area contributed by atoms with Crippen LogP contribution < -0.4 is 5.73 Å². The summed E-state index contributed by atoms with van der Waals surface area (Å²) in [5.41, 5.74) is 8.01. The first-order valence-corrected chi connectivity index (χ1v) is 9.30. The van der Waals surface area contributed by atoms with Crippen LogP contribution in [0.15, 0.2) is 53.7 Å². The maximum atomic E-state index is 11.9. The van der Waals surface area contributed by atoms with Gasteiger partial charge in [0.05, 0.1) is 16.1 Å². The summed E-state index contributed by atoms with van der Waals surface area (Å²) in [6, 6.07) is 10.3. The highest BCUT2D eigenvalue weighted by atomic mass is 32.2. The molecule has 25 heavy (non-hydrogen) atoms. The van der Waals surface area contributed by atoms with E-state index in [2.05, 4.69) is 19.9 Å². The Hall–Kier alpha value is -3.13. The minimum Gasteiger partial charge on any atom is -0.368 e. The van der Waals surface area contributed by atoms with E-state index in [9.17, 15) is 8.42 Å². The summed E-state index contributed by atoms with van der Waals surface area (Å²) >= 11 is 0. The molecule has 0 amide bonds. The first-order chi connectivity index (χ1) is 11.9. The highest BCUT2D eigenvalue weighted by molar-refractivity contribution is 7.90. The first kappa shape index (κ1) is 15.4. The van der Waals surface area contributed by atoms with Gasteiger partial charge < -0.3 is 5.73 Å². The second kappa shape index (κ2) is 5.45. The monoisotopic (exact) mass is 351 g/mol. The number of benzene rings is 1. The molecule has 3 heterocycles. The van der Waals surface area contributed by atoms with E-state index in [1.165, 1.54) is 6.26 Å². The number of nitrogens with zero attached hydrogens (tertiary/aromatic N) is 4. The zero-order valence-electron chi connectivity index (χ0n) is 13.2. The topological polar surface area (TPSA) is 112 Å². The Bertz CT molecular complexity index is 1220. The predicted octanol–water partition coefficient (Wildman–Crippen LogP) is 2.23. The average molecular weight is 351 g/mol. The Kier molecular flexibility index (Phi) is 3.36. The van der Waals surface area contributed by atoms with Crippen LogP contribution in [-0.4, -0.2) is 34.6 Å². The van der Waals surface area contributed by atoms with Crippen LogP contribution in [0.3, 0.4) is 0 Å². The fourth-order valence-electron chi connectivity index (χ4n) is 2.69. The number of nitrogens with two attached hydrogens (primary N) is 1. The number of rotatable bonds is 2. The van der Waals surface area contributed by atoms with Gasteiger partial charge in [-0.3, -0.25) is 4.98 Å². The zero-order valence-corrected chi connectivity index (χ0v) is 14.0. The average Bonchev–Trinajstić information content (AvgIpc) is 2.60. The summed E-state index contributed by atoms with van der Waals surface area (Å²) in [6.07, 6.45) is 4.44. The van der Waals surface area contributed by atoms with Crippen molar-refractivity contribution in [1.82, 2.24) is 19.9 Å². The third-order valence-corrected chi connectivity index (χ3v) is 4.97. The van der Waals surface area contributed by atoms with Gasteiger partial charge in [-0.2, -0.15) is 0 Å². The van der Waals surface area contributed by atoms with Crippen LogP contribution >= 0.6 is 0 Å². The Labute approximate surface area is 143 Å². The SMILES string of the molecule is CS(=O)(=O)c1ccc2c(c1)nc(-c1ccccn1)c1nc(N)ncc12. The Morgan fingerprint density at radius 2 is 1.84 bits per heavy atom. The van der Waals surface area contributed by atoms with Gasteiger partial charge >= 0.3 is 0 Å². The number of aromatic nitrogens is 4. The molecule has 8 heteroatoms. The maximum absolute atomic E-state index is 11.9. The van der Waals surface area contributed by atoms with Gasteiger partial charge in [0.1, 0.15) is 11.2 Å². The van der Waals surface area contributed by atoms with E-state index in [0.29, 0.717) is 22.4 Å². The van der Waals surface area contributed by atoms with Crippen molar-refractivity contribution in [3.05, 3.63) is 48.8 Å². The molecular weight excluding hydrogens is 338 g/mol. The van der Waals surface area contributed by atoms with Gasteiger partial charge in [-0.25, -0.2) is 23.4 Å². The highest BCUT2D eigenvalue weighted by Crippen LogP contribution is 2.31. The van der Waals surface area contributed by atoms with Crippen molar-refractivity contribution in [2.45, 2.75) is 4.90 Å². The molecular formula is C17H13N5O2S. The third-order valence-electron chi connectivity index (χ3n) is 3.86. The Morgan fingerprint density at radius 3 is 2.56 bits per heavy atom. The second-order valence-corrected chi connectivity index (χ2v) is 7.63. The molecule has 0 aliphatic heterocycles. The summed E-state index contributed by atoms with van der Waals surface area (Å²) in [6.45, 7) is 0. The van der Waals surface area contributed by atoms with E-state index in [1.807, 2.05) is 12.1 Å². The van der Waals surface area contributed by atoms with Crippen molar-refractivity contribution < 1.29 is 8.42 Å². The van der Waals surface area contributed by atoms with Crippen LogP contribution in [0.5, 0.6) is 0 Å². The van der Waals surface area contributed by atoms with Crippen molar-refractivity contribution in [2.75, 3.05) is 12.0 Å². The van der Waals surface area contributed by atoms with Crippen LogP contribution in [0.2, 0.25) is 0 Å². The fraction of sp³-hybridized carbons (Fsp3) is 0.0588. The number of fused-ring (bicyclic) bond motifs is 3. The minimum absolute atomic E-state index is 0.138. The molecule has 0 spiro atoms. The number of anilines is 1. The van der Waals surface area contributed by atoms with Gasteiger partial charge in [0.15, 0.2) is 9.84 Å². The number of sulfone groups is 1. The maximum Gasteiger partial charge on any atom is 0.220 e. The van der Waals surface area contributed by atoms with Gasteiger partial charge in [0.25, 0.3) is 0 Å². The molecule has 2 N–H and O–H groups in total. The quantitative estimate of drug-likeness (QED) is 0.551. The molecule has 1 aromatic carbocycles. The van der Waals surface area contributed by atoms with Crippen molar-refractivity contribution in [2.24, 2.45) is 0 Å². The van der Waals surface area contributed by atoms with Gasteiger partial charge in [-0.15, -0.1) is 0 Å². The summed E-state index contributed by atoms with van der Waals surface area (Å²) in [7, 11) is -3.34. The normalized spacial score (nSPS) is 11.9. The highest BCUT2D eigenvalue weighted by Gasteiger charge is 2.15. The molecule has 124 valence electrons. The van der Waals surface area contributed by atoms with Crippen LogP contribution in [0.4, 0.5) is 5.95 Å². The smallest absolute Gasteiger partial charge is 0.220 e. The summed E-state index contributed by atoms with van der Waals surface area (Å²) < 4.78 is 23.7. The molecule has 0 saturated heterocycles. The van der Waals surface area contributed by atoms with Crippen molar-refractivity contribution in [3.8, 4) is 11.4 Å². The molecule has 0 atom stereocenters. The fourth-order valence-corrected chi connectivity index (χ4v) is 3.33. The molecule has 0 aliphatic rings.